The second-order valence-corrected chi connectivity index (χ2v) is 6.14. The van der Waals surface area contributed by atoms with Gasteiger partial charge in [0, 0.05) is 18.9 Å². The number of hydrogen-bond donors (Lipinski definition) is 1. The fourth-order valence-corrected chi connectivity index (χ4v) is 2.42. The number of nitriles is 1. The Morgan fingerprint density at radius 1 is 1.43 bits per heavy atom. The minimum Gasteiger partial charge on any atom is -0.364 e. The van der Waals surface area contributed by atoms with E-state index in [9.17, 15) is 9.59 Å². The molecular weight excluding hydrogens is 268 g/mol. The number of carbonyl (C=O) groups excluding carboxylic acids is 2. The van der Waals surface area contributed by atoms with Crippen molar-refractivity contribution in [3.05, 3.63) is 28.8 Å². The number of rotatable bonds is 2. The Morgan fingerprint density at radius 2 is 2.10 bits per heavy atom. The number of carbonyl (C=O) groups is 2. The minimum absolute atomic E-state index is 0.106. The SMILES string of the molecule is CC(=O)Nc1cc2c(cc1C#N)C(=O)C(OC(C)(C)C)C2. The number of amides is 1. The van der Waals surface area contributed by atoms with Gasteiger partial charge in [0.1, 0.15) is 12.2 Å². The van der Waals surface area contributed by atoms with Gasteiger partial charge in [0.2, 0.25) is 5.91 Å². The highest BCUT2D eigenvalue weighted by molar-refractivity contribution is 6.05. The largest absolute Gasteiger partial charge is 0.364 e. The number of Topliss-reactive ketones (excluding diaryl/α,β-unsaturated/α-hetero) is 1. The molecule has 1 amide bonds. The summed E-state index contributed by atoms with van der Waals surface area (Å²) in [4.78, 5) is 23.5. The summed E-state index contributed by atoms with van der Waals surface area (Å²) in [5, 5.41) is 11.8. The Morgan fingerprint density at radius 3 is 2.62 bits per heavy atom. The molecule has 2 rings (SSSR count). The first kappa shape index (κ1) is 15.2. The van der Waals surface area contributed by atoms with E-state index in [-0.39, 0.29) is 17.3 Å². The van der Waals surface area contributed by atoms with Gasteiger partial charge in [-0.3, -0.25) is 9.59 Å². The molecular formula is C16H18N2O3. The molecule has 0 bridgehead atoms. The molecule has 1 aromatic carbocycles. The molecule has 0 aromatic heterocycles. The van der Waals surface area contributed by atoms with Crippen LogP contribution in [-0.4, -0.2) is 23.4 Å². The molecule has 5 heteroatoms. The minimum atomic E-state index is -0.529. The lowest BCUT2D eigenvalue weighted by Crippen LogP contribution is -2.31. The van der Waals surface area contributed by atoms with E-state index in [0.29, 0.717) is 17.7 Å². The standard InChI is InChI=1S/C16H18N2O3/c1-9(19)18-13-6-10-7-14(21-16(2,3)4)15(20)12(10)5-11(13)8-17/h5-6,14H,7H2,1-4H3,(H,18,19). The average Bonchev–Trinajstić information content (AvgIpc) is 2.62. The third kappa shape index (κ3) is 3.29. The molecule has 0 spiro atoms. The summed E-state index contributed by atoms with van der Waals surface area (Å²) in [6.45, 7) is 7.07. The molecule has 0 saturated carbocycles. The molecule has 1 N–H and O–H groups in total. The van der Waals surface area contributed by atoms with Crippen LogP contribution in [0.15, 0.2) is 12.1 Å². The van der Waals surface area contributed by atoms with Crippen LogP contribution in [0.1, 0.15) is 49.2 Å². The van der Waals surface area contributed by atoms with Crippen LogP contribution in [0.25, 0.3) is 0 Å². The Hall–Kier alpha value is -2.19. The van der Waals surface area contributed by atoms with E-state index < -0.39 is 11.7 Å². The quantitative estimate of drug-likeness (QED) is 0.905. The van der Waals surface area contributed by atoms with Crippen LogP contribution < -0.4 is 5.32 Å². The molecule has 21 heavy (non-hydrogen) atoms. The fourth-order valence-electron chi connectivity index (χ4n) is 2.42. The molecule has 1 aliphatic rings. The maximum Gasteiger partial charge on any atom is 0.221 e. The third-order valence-corrected chi connectivity index (χ3v) is 3.13. The van der Waals surface area contributed by atoms with Crippen molar-refractivity contribution in [2.24, 2.45) is 0 Å². The van der Waals surface area contributed by atoms with Crippen molar-refractivity contribution in [3.63, 3.8) is 0 Å². The van der Waals surface area contributed by atoms with Gasteiger partial charge < -0.3 is 10.1 Å². The fraction of sp³-hybridized carbons (Fsp3) is 0.438. The number of hydrogen-bond acceptors (Lipinski definition) is 4. The van der Waals surface area contributed by atoms with Gasteiger partial charge in [-0.1, -0.05) is 0 Å². The second kappa shape index (κ2) is 5.30. The molecule has 110 valence electrons. The molecule has 1 unspecified atom stereocenters. The van der Waals surface area contributed by atoms with Crippen molar-refractivity contribution in [2.75, 3.05) is 5.32 Å². The van der Waals surface area contributed by atoms with Gasteiger partial charge in [0.05, 0.1) is 16.9 Å². The van der Waals surface area contributed by atoms with E-state index in [1.807, 2.05) is 26.8 Å². The van der Waals surface area contributed by atoms with E-state index in [4.69, 9.17) is 10.00 Å². The van der Waals surface area contributed by atoms with Crippen molar-refractivity contribution in [1.82, 2.24) is 0 Å². The molecule has 0 fully saturated rings. The Bertz CT molecular complexity index is 651. The maximum atomic E-state index is 12.4. The van der Waals surface area contributed by atoms with Crippen LogP contribution in [0.5, 0.6) is 0 Å². The van der Waals surface area contributed by atoms with E-state index >= 15 is 0 Å². The normalized spacial score (nSPS) is 17.3. The van der Waals surface area contributed by atoms with E-state index in [0.717, 1.165) is 5.56 Å². The summed E-state index contributed by atoms with van der Waals surface area (Å²) in [6, 6.07) is 5.24. The number of nitrogens with zero attached hydrogens (tertiary/aromatic N) is 1. The number of ether oxygens (including phenoxy) is 1. The zero-order chi connectivity index (χ0) is 15.8. The molecule has 1 atom stereocenters. The van der Waals surface area contributed by atoms with Crippen LogP contribution in [0.2, 0.25) is 0 Å². The van der Waals surface area contributed by atoms with Crippen molar-refractivity contribution < 1.29 is 14.3 Å². The summed E-state index contributed by atoms with van der Waals surface area (Å²) in [5.74, 6) is -0.357. The highest BCUT2D eigenvalue weighted by atomic mass is 16.5. The van der Waals surface area contributed by atoms with Gasteiger partial charge >= 0.3 is 0 Å². The molecule has 0 heterocycles. The lowest BCUT2D eigenvalue weighted by atomic mass is 10.0. The lowest BCUT2D eigenvalue weighted by molar-refractivity contribution is -0.114. The van der Waals surface area contributed by atoms with Crippen LogP contribution in [0.4, 0.5) is 5.69 Å². The van der Waals surface area contributed by atoms with Gasteiger partial charge in [-0.05, 0) is 38.5 Å². The van der Waals surface area contributed by atoms with Gasteiger partial charge in [-0.25, -0.2) is 0 Å². The molecule has 1 aliphatic carbocycles. The number of anilines is 1. The third-order valence-electron chi connectivity index (χ3n) is 3.13. The number of fused-ring (bicyclic) bond motifs is 1. The smallest absolute Gasteiger partial charge is 0.221 e. The highest BCUT2D eigenvalue weighted by Crippen LogP contribution is 2.31. The monoisotopic (exact) mass is 286 g/mol. The van der Waals surface area contributed by atoms with E-state index in [1.165, 1.54) is 13.0 Å². The first-order chi connectivity index (χ1) is 9.71. The summed E-state index contributed by atoms with van der Waals surface area (Å²) in [7, 11) is 0. The molecule has 5 nitrogen and oxygen atoms in total. The number of benzene rings is 1. The summed E-state index contributed by atoms with van der Waals surface area (Å²) >= 11 is 0. The van der Waals surface area contributed by atoms with Crippen LogP contribution in [0.3, 0.4) is 0 Å². The van der Waals surface area contributed by atoms with Gasteiger partial charge in [0.25, 0.3) is 0 Å². The van der Waals surface area contributed by atoms with Crippen molar-refractivity contribution in [2.45, 2.75) is 45.8 Å². The average molecular weight is 286 g/mol. The van der Waals surface area contributed by atoms with Crippen LogP contribution >= 0.6 is 0 Å². The van der Waals surface area contributed by atoms with E-state index in [1.54, 1.807) is 6.07 Å². The van der Waals surface area contributed by atoms with Gasteiger partial charge in [0.15, 0.2) is 5.78 Å². The van der Waals surface area contributed by atoms with Crippen molar-refractivity contribution >= 4 is 17.4 Å². The summed E-state index contributed by atoms with van der Waals surface area (Å²) < 4.78 is 5.77. The Kier molecular flexibility index (Phi) is 3.84. The maximum absolute atomic E-state index is 12.4. The lowest BCUT2D eigenvalue weighted by Gasteiger charge is -2.23. The van der Waals surface area contributed by atoms with Crippen molar-refractivity contribution in [1.29, 1.82) is 5.26 Å². The zero-order valence-electron chi connectivity index (χ0n) is 12.6. The molecule has 0 radical (unpaired) electrons. The van der Waals surface area contributed by atoms with Gasteiger partial charge in [-0.2, -0.15) is 5.26 Å². The molecule has 0 saturated heterocycles. The first-order valence-electron chi connectivity index (χ1n) is 6.78. The predicted octanol–water partition coefficient (Wildman–Crippen LogP) is 2.44. The molecule has 1 aromatic rings. The van der Waals surface area contributed by atoms with Gasteiger partial charge in [-0.15, -0.1) is 0 Å². The number of nitrogens with one attached hydrogen (secondary N) is 1. The van der Waals surface area contributed by atoms with Crippen LogP contribution in [-0.2, 0) is 16.0 Å². The predicted molar refractivity (Wildman–Crippen MR) is 78.1 cm³/mol. The zero-order valence-corrected chi connectivity index (χ0v) is 12.6. The summed E-state index contributed by atoms with van der Waals surface area (Å²) in [5.41, 5.74) is 1.62. The highest BCUT2D eigenvalue weighted by Gasteiger charge is 2.35. The first-order valence-corrected chi connectivity index (χ1v) is 6.78. The van der Waals surface area contributed by atoms with E-state index in [2.05, 4.69) is 5.32 Å². The Labute approximate surface area is 123 Å². The van der Waals surface area contributed by atoms with Crippen LogP contribution in [0, 0.1) is 11.3 Å². The number of ketones is 1. The summed E-state index contributed by atoms with van der Waals surface area (Å²) in [6.07, 6.45) is -0.0666. The molecule has 0 aliphatic heterocycles. The Balaban J connectivity index is 2.37. The topological polar surface area (TPSA) is 79.2 Å². The second-order valence-electron chi connectivity index (χ2n) is 6.14. The van der Waals surface area contributed by atoms with Crippen molar-refractivity contribution in [3.8, 4) is 6.07 Å².